The van der Waals surface area contributed by atoms with Gasteiger partial charge in [0, 0.05) is 17.3 Å². The molecule has 0 spiro atoms. The summed E-state index contributed by atoms with van der Waals surface area (Å²) in [5.74, 6) is -2.36. The van der Waals surface area contributed by atoms with Crippen molar-refractivity contribution in [2.24, 2.45) is 0 Å². The predicted molar refractivity (Wildman–Crippen MR) is 95.7 cm³/mol. The number of aryl methyl sites for hydroxylation is 1. The summed E-state index contributed by atoms with van der Waals surface area (Å²) in [7, 11) is 0. The van der Waals surface area contributed by atoms with Crippen molar-refractivity contribution in [1.29, 1.82) is 0 Å². The molecule has 0 aromatic heterocycles. The number of amides is 2. The maximum atomic E-state index is 13.0. The highest BCUT2D eigenvalue weighted by Crippen LogP contribution is 2.42. The second-order valence-electron chi connectivity index (χ2n) is 6.09. The summed E-state index contributed by atoms with van der Waals surface area (Å²) < 4.78 is 39.3. The molecule has 0 fully saturated rings. The highest BCUT2D eigenvalue weighted by Gasteiger charge is 2.43. The predicted octanol–water partition coefficient (Wildman–Crippen LogP) is 2.23. The second-order valence-corrected chi connectivity index (χ2v) is 6.09. The third kappa shape index (κ3) is 5.41. The Morgan fingerprint density at radius 2 is 1.83 bits per heavy atom. The number of esters is 1. The van der Waals surface area contributed by atoms with E-state index in [0.717, 1.165) is 11.6 Å². The Balaban J connectivity index is 1.43. The molecule has 0 aliphatic carbocycles. The van der Waals surface area contributed by atoms with Gasteiger partial charge in [-0.25, -0.2) is 0 Å². The van der Waals surface area contributed by atoms with Gasteiger partial charge in [-0.1, -0.05) is 17.7 Å². The SMILES string of the molecule is Cc1cccc(C(=O)NCC(=O)OCC(=O)Nc2ccc3c(c2)OC(F)(F)O3)c1. The van der Waals surface area contributed by atoms with Crippen LogP contribution in [0, 0.1) is 6.92 Å². The quantitative estimate of drug-likeness (QED) is 0.714. The number of hydrogen-bond acceptors (Lipinski definition) is 6. The van der Waals surface area contributed by atoms with E-state index in [1.807, 2.05) is 13.0 Å². The molecule has 152 valence electrons. The molecule has 0 radical (unpaired) electrons. The van der Waals surface area contributed by atoms with Crippen molar-refractivity contribution < 1.29 is 37.4 Å². The highest BCUT2D eigenvalue weighted by molar-refractivity contribution is 5.96. The summed E-state index contributed by atoms with van der Waals surface area (Å²) in [4.78, 5) is 35.5. The maximum absolute atomic E-state index is 13.0. The van der Waals surface area contributed by atoms with Gasteiger partial charge in [-0.15, -0.1) is 8.78 Å². The smallest absolute Gasteiger partial charge is 0.454 e. The summed E-state index contributed by atoms with van der Waals surface area (Å²) in [6.45, 7) is 0.790. The largest absolute Gasteiger partial charge is 0.586 e. The molecule has 2 amide bonds. The number of nitrogens with one attached hydrogen (secondary N) is 2. The van der Waals surface area contributed by atoms with Crippen molar-refractivity contribution >= 4 is 23.5 Å². The van der Waals surface area contributed by atoms with E-state index in [4.69, 9.17) is 4.74 Å². The van der Waals surface area contributed by atoms with E-state index < -0.39 is 37.2 Å². The molecule has 1 aliphatic heterocycles. The van der Waals surface area contributed by atoms with Crippen LogP contribution in [0.3, 0.4) is 0 Å². The molecule has 8 nitrogen and oxygen atoms in total. The molecule has 1 aliphatic rings. The van der Waals surface area contributed by atoms with Crippen LogP contribution in [0.4, 0.5) is 14.5 Å². The molecule has 0 unspecified atom stereocenters. The number of hydrogen-bond donors (Lipinski definition) is 2. The van der Waals surface area contributed by atoms with Crippen LogP contribution >= 0.6 is 0 Å². The zero-order valence-corrected chi connectivity index (χ0v) is 15.2. The number of carbonyl (C=O) groups is 3. The normalized spacial score (nSPS) is 13.5. The minimum absolute atomic E-state index is 0.152. The molecule has 0 saturated carbocycles. The third-order valence-electron chi connectivity index (χ3n) is 3.72. The van der Waals surface area contributed by atoms with Crippen LogP contribution in [0.25, 0.3) is 0 Å². The van der Waals surface area contributed by atoms with Crippen LogP contribution in [-0.2, 0) is 14.3 Å². The van der Waals surface area contributed by atoms with Gasteiger partial charge < -0.3 is 24.8 Å². The van der Waals surface area contributed by atoms with Crippen LogP contribution in [0.5, 0.6) is 11.5 Å². The van der Waals surface area contributed by atoms with E-state index in [1.165, 1.54) is 12.1 Å². The first-order valence-electron chi connectivity index (χ1n) is 8.42. The van der Waals surface area contributed by atoms with Gasteiger partial charge in [0.1, 0.15) is 6.54 Å². The van der Waals surface area contributed by atoms with Gasteiger partial charge in [-0.3, -0.25) is 14.4 Å². The third-order valence-corrected chi connectivity index (χ3v) is 3.72. The molecule has 29 heavy (non-hydrogen) atoms. The van der Waals surface area contributed by atoms with Gasteiger partial charge in [-0.05, 0) is 31.2 Å². The number of benzene rings is 2. The average molecular weight is 406 g/mol. The van der Waals surface area contributed by atoms with E-state index in [1.54, 1.807) is 18.2 Å². The summed E-state index contributed by atoms with van der Waals surface area (Å²) in [5.41, 5.74) is 1.44. The number of rotatable bonds is 6. The number of alkyl halides is 2. The Morgan fingerprint density at radius 3 is 2.59 bits per heavy atom. The lowest BCUT2D eigenvalue weighted by atomic mass is 10.1. The molecule has 0 bridgehead atoms. The molecule has 0 atom stereocenters. The van der Waals surface area contributed by atoms with E-state index >= 15 is 0 Å². The summed E-state index contributed by atoms with van der Waals surface area (Å²) >= 11 is 0. The first-order chi connectivity index (χ1) is 13.7. The molecular weight excluding hydrogens is 390 g/mol. The van der Waals surface area contributed by atoms with Crippen LogP contribution in [0.2, 0.25) is 0 Å². The number of anilines is 1. The fourth-order valence-electron chi connectivity index (χ4n) is 2.46. The van der Waals surface area contributed by atoms with Crippen molar-refractivity contribution in [3.63, 3.8) is 0 Å². The van der Waals surface area contributed by atoms with Crippen LogP contribution in [0.15, 0.2) is 42.5 Å². The molecule has 2 N–H and O–H groups in total. The molecule has 2 aromatic rings. The zero-order chi connectivity index (χ0) is 21.0. The molecule has 10 heteroatoms. The fourth-order valence-corrected chi connectivity index (χ4v) is 2.46. The Labute approximate surface area is 163 Å². The highest BCUT2D eigenvalue weighted by atomic mass is 19.3. The topological polar surface area (TPSA) is 103 Å². The Bertz CT molecular complexity index is 963. The van der Waals surface area contributed by atoms with Crippen molar-refractivity contribution in [3.8, 4) is 11.5 Å². The van der Waals surface area contributed by atoms with Gasteiger partial charge in [-0.2, -0.15) is 0 Å². The van der Waals surface area contributed by atoms with E-state index in [9.17, 15) is 23.2 Å². The van der Waals surface area contributed by atoms with Crippen molar-refractivity contribution in [1.82, 2.24) is 5.32 Å². The Kier molecular flexibility index (Phi) is 5.62. The Morgan fingerprint density at radius 1 is 1.07 bits per heavy atom. The number of carbonyl (C=O) groups excluding carboxylic acids is 3. The summed E-state index contributed by atoms with van der Waals surface area (Å²) in [5, 5.41) is 4.76. The first kappa shape index (κ1) is 20.1. The standard InChI is InChI=1S/C19H16F2N2O6/c1-11-3-2-4-12(7-11)18(26)22-9-17(25)27-10-16(24)23-13-5-6-14-15(8-13)29-19(20,21)28-14/h2-8H,9-10H2,1H3,(H,22,26)(H,23,24). The molecule has 2 aromatic carbocycles. The first-order valence-corrected chi connectivity index (χ1v) is 8.42. The second kappa shape index (κ2) is 8.13. The summed E-state index contributed by atoms with van der Waals surface area (Å²) in [6.07, 6.45) is -3.76. The van der Waals surface area contributed by atoms with Crippen molar-refractivity contribution in [3.05, 3.63) is 53.6 Å². The van der Waals surface area contributed by atoms with Gasteiger partial charge in [0.25, 0.3) is 11.8 Å². The van der Waals surface area contributed by atoms with Crippen LogP contribution < -0.4 is 20.1 Å². The summed E-state index contributed by atoms with van der Waals surface area (Å²) in [6, 6.07) is 10.5. The van der Waals surface area contributed by atoms with Crippen molar-refractivity contribution in [2.45, 2.75) is 13.2 Å². The lowest BCUT2D eigenvalue weighted by Crippen LogP contribution is -2.32. The average Bonchev–Trinajstić information content (AvgIpc) is 2.97. The molecule has 3 rings (SSSR count). The lowest BCUT2D eigenvalue weighted by molar-refractivity contribution is -0.286. The van der Waals surface area contributed by atoms with E-state index in [2.05, 4.69) is 20.1 Å². The van der Waals surface area contributed by atoms with E-state index in [0.29, 0.717) is 5.56 Å². The lowest BCUT2D eigenvalue weighted by Gasteiger charge is -2.08. The molecule has 0 saturated heterocycles. The van der Waals surface area contributed by atoms with Gasteiger partial charge in [0.2, 0.25) is 0 Å². The van der Waals surface area contributed by atoms with Gasteiger partial charge in [0.05, 0.1) is 0 Å². The van der Waals surface area contributed by atoms with E-state index in [-0.39, 0.29) is 17.2 Å². The van der Waals surface area contributed by atoms with Gasteiger partial charge in [0.15, 0.2) is 18.1 Å². The van der Waals surface area contributed by atoms with Gasteiger partial charge >= 0.3 is 12.3 Å². The van der Waals surface area contributed by atoms with Crippen molar-refractivity contribution in [2.75, 3.05) is 18.5 Å². The molecule has 1 heterocycles. The maximum Gasteiger partial charge on any atom is 0.586 e. The number of ether oxygens (including phenoxy) is 3. The van der Waals surface area contributed by atoms with Crippen LogP contribution in [-0.4, -0.2) is 37.2 Å². The zero-order valence-electron chi connectivity index (χ0n) is 15.2. The molecular formula is C19H16F2N2O6. The minimum atomic E-state index is -3.76. The monoisotopic (exact) mass is 406 g/mol. The number of halogens is 2. The van der Waals surface area contributed by atoms with Crippen LogP contribution in [0.1, 0.15) is 15.9 Å². The minimum Gasteiger partial charge on any atom is -0.454 e. The Hall–Kier alpha value is -3.69. The number of fused-ring (bicyclic) bond motifs is 1. The fraction of sp³-hybridized carbons (Fsp3) is 0.211.